The summed E-state index contributed by atoms with van der Waals surface area (Å²) in [6, 6.07) is 10.3. The zero-order valence-electron chi connectivity index (χ0n) is 16.5. The van der Waals surface area contributed by atoms with E-state index in [1.54, 1.807) is 0 Å². The van der Waals surface area contributed by atoms with Crippen molar-refractivity contribution in [3.05, 3.63) is 29.8 Å². The number of anilines is 1. The molecule has 1 aliphatic heterocycles. The predicted octanol–water partition coefficient (Wildman–Crippen LogP) is 2.60. The zero-order valence-corrected chi connectivity index (χ0v) is 16.5. The van der Waals surface area contributed by atoms with E-state index in [-0.39, 0.29) is 23.3 Å². The quantitative estimate of drug-likeness (QED) is 0.822. The summed E-state index contributed by atoms with van der Waals surface area (Å²) in [5.74, 6) is 0.0673. The van der Waals surface area contributed by atoms with Gasteiger partial charge in [-0.05, 0) is 57.1 Å². The number of nitriles is 1. The standard InChI is InChI=1S/C22H28N4O2/c1-16-4-2-3-5-18(16)24-12-19(27)26-14-21(15-26)8-6-17(7-9-21)25-20(28)22(13-23)10-11-22/h2-5,17,24H,6-12,14-15H2,1H3,(H,25,28). The summed E-state index contributed by atoms with van der Waals surface area (Å²) in [4.78, 5) is 26.6. The second-order valence-electron chi connectivity index (χ2n) is 8.86. The number of para-hydroxylation sites is 1. The Bertz CT molecular complexity index is 808. The van der Waals surface area contributed by atoms with Gasteiger partial charge in [0.05, 0.1) is 12.6 Å². The van der Waals surface area contributed by atoms with Crippen molar-refractivity contribution in [2.75, 3.05) is 25.0 Å². The van der Waals surface area contributed by atoms with Crippen LogP contribution >= 0.6 is 0 Å². The third-order valence-corrected chi connectivity index (χ3v) is 6.76. The van der Waals surface area contributed by atoms with Crippen LogP contribution in [0.3, 0.4) is 0 Å². The van der Waals surface area contributed by atoms with Gasteiger partial charge in [-0.25, -0.2) is 0 Å². The summed E-state index contributed by atoms with van der Waals surface area (Å²) in [6.45, 7) is 4.01. The molecule has 28 heavy (non-hydrogen) atoms. The van der Waals surface area contributed by atoms with Crippen LogP contribution in [0.2, 0.25) is 0 Å². The van der Waals surface area contributed by atoms with Crippen LogP contribution in [-0.2, 0) is 9.59 Å². The van der Waals surface area contributed by atoms with Gasteiger partial charge in [-0.15, -0.1) is 0 Å². The number of nitrogens with one attached hydrogen (secondary N) is 2. The minimum atomic E-state index is -0.737. The van der Waals surface area contributed by atoms with E-state index >= 15 is 0 Å². The number of hydrogen-bond acceptors (Lipinski definition) is 4. The molecule has 2 saturated carbocycles. The molecular formula is C22H28N4O2. The second-order valence-corrected chi connectivity index (χ2v) is 8.86. The average Bonchev–Trinajstić information content (AvgIpc) is 3.47. The number of aryl methyl sites for hydroxylation is 1. The van der Waals surface area contributed by atoms with Crippen molar-refractivity contribution in [3.63, 3.8) is 0 Å². The average molecular weight is 380 g/mol. The van der Waals surface area contributed by atoms with Gasteiger partial charge in [-0.2, -0.15) is 5.26 Å². The molecule has 2 aliphatic carbocycles. The number of carbonyl (C=O) groups is 2. The van der Waals surface area contributed by atoms with Crippen LogP contribution < -0.4 is 10.6 Å². The van der Waals surface area contributed by atoms with Crippen LogP contribution in [0, 0.1) is 29.1 Å². The van der Waals surface area contributed by atoms with Gasteiger partial charge in [0.25, 0.3) is 0 Å². The van der Waals surface area contributed by atoms with Gasteiger partial charge < -0.3 is 15.5 Å². The Balaban J connectivity index is 1.20. The van der Waals surface area contributed by atoms with Crippen LogP contribution in [0.1, 0.15) is 44.1 Å². The number of nitrogens with zero attached hydrogens (tertiary/aromatic N) is 2. The van der Waals surface area contributed by atoms with E-state index in [0.717, 1.165) is 50.0 Å². The molecule has 0 radical (unpaired) electrons. The van der Waals surface area contributed by atoms with Crippen LogP contribution in [-0.4, -0.2) is 42.4 Å². The lowest BCUT2D eigenvalue weighted by molar-refractivity contribution is -0.144. The SMILES string of the molecule is Cc1ccccc1NCC(=O)N1CC2(CCC(NC(=O)C3(C#N)CC3)CC2)C1. The van der Waals surface area contributed by atoms with Crippen LogP contribution in [0.25, 0.3) is 0 Å². The minimum Gasteiger partial charge on any atom is -0.376 e. The molecule has 1 heterocycles. The Morgan fingerprint density at radius 1 is 1.18 bits per heavy atom. The van der Waals surface area contributed by atoms with Gasteiger partial charge in [0.2, 0.25) is 11.8 Å². The van der Waals surface area contributed by atoms with Crippen molar-refractivity contribution in [1.82, 2.24) is 10.2 Å². The summed E-state index contributed by atoms with van der Waals surface area (Å²) < 4.78 is 0. The van der Waals surface area contributed by atoms with E-state index < -0.39 is 5.41 Å². The molecule has 1 aromatic rings. The molecule has 0 bridgehead atoms. The number of carbonyl (C=O) groups excluding carboxylic acids is 2. The smallest absolute Gasteiger partial charge is 0.241 e. The van der Waals surface area contributed by atoms with E-state index in [1.165, 1.54) is 0 Å². The maximum absolute atomic E-state index is 12.5. The molecule has 6 heteroatoms. The first kappa shape index (κ1) is 18.8. The third kappa shape index (κ3) is 3.58. The predicted molar refractivity (Wildman–Crippen MR) is 106 cm³/mol. The summed E-state index contributed by atoms with van der Waals surface area (Å²) in [7, 11) is 0. The maximum atomic E-state index is 12.5. The molecule has 6 nitrogen and oxygen atoms in total. The van der Waals surface area contributed by atoms with E-state index in [2.05, 4.69) is 16.7 Å². The monoisotopic (exact) mass is 380 g/mol. The fourth-order valence-corrected chi connectivity index (χ4v) is 4.52. The molecule has 1 saturated heterocycles. The van der Waals surface area contributed by atoms with Crippen LogP contribution in [0.5, 0.6) is 0 Å². The molecule has 1 spiro atoms. The van der Waals surface area contributed by atoms with Crippen LogP contribution in [0.15, 0.2) is 24.3 Å². The van der Waals surface area contributed by atoms with E-state index in [0.29, 0.717) is 19.4 Å². The molecule has 4 rings (SSSR count). The Labute approximate surface area is 166 Å². The van der Waals surface area contributed by atoms with Crippen LogP contribution in [0.4, 0.5) is 5.69 Å². The first-order valence-electron chi connectivity index (χ1n) is 10.2. The molecule has 1 aromatic carbocycles. The summed E-state index contributed by atoms with van der Waals surface area (Å²) >= 11 is 0. The van der Waals surface area contributed by atoms with Crippen molar-refractivity contribution < 1.29 is 9.59 Å². The fraction of sp³-hybridized carbons (Fsp3) is 0.591. The maximum Gasteiger partial charge on any atom is 0.241 e. The van der Waals surface area contributed by atoms with Crippen molar-refractivity contribution in [2.45, 2.75) is 51.5 Å². The lowest BCUT2D eigenvalue weighted by Crippen LogP contribution is -2.61. The topological polar surface area (TPSA) is 85.2 Å². The highest BCUT2D eigenvalue weighted by atomic mass is 16.2. The van der Waals surface area contributed by atoms with E-state index in [4.69, 9.17) is 5.26 Å². The van der Waals surface area contributed by atoms with Crippen molar-refractivity contribution >= 4 is 17.5 Å². The largest absolute Gasteiger partial charge is 0.376 e. The number of rotatable bonds is 5. The normalized spacial score (nSPS) is 22.1. The molecule has 148 valence electrons. The number of hydrogen-bond donors (Lipinski definition) is 2. The van der Waals surface area contributed by atoms with Gasteiger partial charge in [0.1, 0.15) is 5.41 Å². The number of benzene rings is 1. The molecule has 2 N–H and O–H groups in total. The summed E-state index contributed by atoms with van der Waals surface area (Å²) in [5, 5.41) is 15.5. The van der Waals surface area contributed by atoms with Crippen molar-refractivity contribution in [1.29, 1.82) is 5.26 Å². The van der Waals surface area contributed by atoms with E-state index in [1.807, 2.05) is 36.1 Å². The number of likely N-dealkylation sites (tertiary alicyclic amines) is 1. The molecule has 0 atom stereocenters. The molecule has 3 aliphatic rings. The Kier molecular flexibility index (Phi) is 4.78. The fourth-order valence-electron chi connectivity index (χ4n) is 4.52. The first-order valence-corrected chi connectivity index (χ1v) is 10.2. The summed E-state index contributed by atoms with van der Waals surface area (Å²) in [5.41, 5.74) is 1.64. The molecule has 0 aromatic heterocycles. The Morgan fingerprint density at radius 2 is 1.86 bits per heavy atom. The van der Waals surface area contributed by atoms with Crippen molar-refractivity contribution in [2.24, 2.45) is 10.8 Å². The minimum absolute atomic E-state index is 0.0800. The lowest BCUT2D eigenvalue weighted by atomic mass is 9.67. The van der Waals surface area contributed by atoms with Gasteiger partial charge in [0, 0.05) is 30.2 Å². The highest BCUT2D eigenvalue weighted by Crippen LogP contribution is 2.47. The second kappa shape index (κ2) is 7.12. The molecule has 0 unspecified atom stereocenters. The molecule has 2 amide bonds. The van der Waals surface area contributed by atoms with Gasteiger partial charge in [-0.1, -0.05) is 18.2 Å². The van der Waals surface area contributed by atoms with Crippen molar-refractivity contribution in [3.8, 4) is 6.07 Å². The molecule has 3 fully saturated rings. The van der Waals surface area contributed by atoms with Gasteiger partial charge >= 0.3 is 0 Å². The zero-order chi connectivity index (χ0) is 19.8. The third-order valence-electron chi connectivity index (χ3n) is 6.76. The van der Waals surface area contributed by atoms with Gasteiger partial charge in [0.15, 0.2) is 0 Å². The summed E-state index contributed by atoms with van der Waals surface area (Å²) in [6.07, 6.45) is 5.34. The number of amides is 2. The molecular weight excluding hydrogens is 352 g/mol. The lowest BCUT2D eigenvalue weighted by Gasteiger charge is -2.53. The van der Waals surface area contributed by atoms with E-state index in [9.17, 15) is 9.59 Å². The highest BCUT2D eigenvalue weighted by molar-refractivity contribution is 5.88. The van der Waals surface area contributed by atoms with Gasteiger partial charge in [-0.3, -0.25) is 9.59 Å². The Hall–Kier alpha value is -2.55. The Morgan fingerprint density at radius 3 is 2.46 bits per heavy atom. The highest BCUT2D eigenvalue weighted by Gasteiger charge is 2.52. The first-order chi connectivity index (χ1) is 13.5.